The quantitative estimate of drug-likeness (QED) is 0.877. The Balaban J connectivity index is 2.09. The largest absolute Gasteiger partial charge is 0.368 e. The number of anilines is 1. The second-order valence-corrected chi connectivity index (χ2v) is 6.93. The standard InChI is InChI=1S/C17H27BrN2/c1-5-9-19-17-8-10-20(14(4)13(17)3)15-6-7-16(18)12(2)11-15/h6-7,11,13-14,17,19H,5,8-10H2,1-4H3. The lowest BCUT2D eigenvalue weighted by Gasteiger charge is -2.44. The maximum atomic E-state index is 3.71. The van der Waals surface area contributed by atoms with E-state index in [9.17, 15) is 0 Å². The molecular formula is C17H27BrN2. The van der Waals surface area contributed by atoms with E-state index in [1.54, 1.807) is 0 Å². The summed E-state index contributed by atoms with van der Waals surface area (Å²) in [5.41, 5.74) is 2.67. The summed E-state index contributed by atoms with van der Waals surface area (Å²) in [5.74, 6) is 0.680. The summed E-state index contributed by atoms with van der Waals surface area (Å²) >= 11 is 3.59. The van der Waals surface area contributed by atoms with Crippen molar-refractivity contribution in [3.63, 3.8) is 0 Å². The van der Waals surface area contributed by atoms with Crippen molar-refractivity contribution in [2.75, 3.05) is 18.0 Å². The van der Waals surface area contributed by atoms with Gasteiger partial charge in [-0.15, -0.1) is 0 Å². The minimum atomic E-state index is 0.582. The van der Waals surface area contributed by atoms with Gasteiger partial charge in [-0.1, -0.05) is 29.8 Å². The maximum absolute atomic E-state index is 3.71. The summed E-state index contributed by atoms with van der Waals surface area (Å²) in [5, 5.41) is 3.71. The normalized spacial score (nSPS) is 26.9. The van der Waals surface area contributed by atoms with E-state index in [1.165, 1.54) is 28.6 Å². The topological polar surface area (TPSA) is 15.3 Å². The molecule has 112 valence electrons. The maximum Gasteiger partial charge on any atom is 0.0372 e. The van der Waals surface area contributed by atoms with Crippen LogP contribution < -0.4 is 10.2 Å². The zero-order valence-corrected chi connectivity index (χ0v) is 14.7. The monoisotopic (exact) mass is 338 g/mol. The van der Waals surface area contributed by atoms with Crippen LogP contribution in [0.5, 0.6) is 0 Å². The molecule has 3 atom stereocenters. The SMILES string of the molecule is CCCNC1CCN(c2ccc(Br)c(C)c2)C(C)C1C. The highest BCUT2D eigenvalue weighted by Crippen LogP contribution is 2.31. The second-order valence-electron chi connectivity index (χ2n) is 6.08. The number of aryl methyl sites for hydroxylation is 1. The third-order valence-electron chi connectivity index (χ3n) is 4.70. The first-order valence-electron chi connectivity index (χ1n) is 7.80. The van der Waals surface area contributed by atoms with Gasteiger partial charge in [-0.2, -0.15) is 0 Å². The number of hydrogen-bond donors (Lipinski definition) is 1. The molecule has 1 fully saturated rings. The first kappa shape index (κ1) is 15.8. The molecule has 2 nitrogen and oxygen atoms in total. The van der Waals surface area contributed by atoms with Crippen LogP contribution in [-0.2, 0) is 0 Å². The summed E-state index contributed by atoms with van der Waals surface area (Å²) in [7, 11) is 0. The zero-order valence-electron chi connectivity index (χ0n) is 13.1. The molecule has 1 aromatic rings. The lowest BCUT2D eigenvalue weighted by Crippen LogP contribution is -2.53. The molecule has 0 bridgehead atoms. The highest BCUT2D eigenvalue weighted by Gasteiger charge is 2.32. The molecule has 1 saturated heterocycles. The van der Waals surface area contributed by atoms with Gasteiger partial charge in [0.15, 0.2) is 0 Å². The van der Waals surface area contributed by atoms with Crippen LogP contribution >= 0.6 is 15.9 Å². The van der Waals surface area contributed by atoms with Crippen LogP contribution in [0.15, 0.2) is 22.7 Å². The van der Waals surface area contributed by atoms with Gasteiger partial charge in [0.25, 0.3) is 0 Å². The number of nitrogens with zero attached hydrogens (tertiary/aromatic N) is 1. The molecule has 0 spiro atoms. The lowest BCUT2D eigenvalue weighted by atomic mass is 9.86. The Morgan fingerprint density at radius 3 is 2.75 bits per heavy atom. The number of hydrogen-bond acceptors (Lipinski definition) is 2. The molecular weight excluding hydrogens is 312 g/mol. The number of halogens is 1. The minimum absolute atomic E-state index is 0.582. The molecule has 1 aromatic carbocycles. The van der Waals surface area contributed by atoms with Crippen molar-refractivity contribution in [3.8, 4) is 0 Å². The Morgan fingerprint density at radius 2 is 2.10 bits per heavy atom. The molecule has 2 rings (SSSR count). The fourth-order valence-corrected chi connectivity index (χ4v) is 3.40. The highest BCUT2D eigenvalue weighted by atomic mass is 79.9. The third kappa shape index (κ3) is 3.37. The Labute approximate surface area is 132 Å². The molecule has 1 aliphatic rings. The van der Waals surface area contributed by atoms with E-state index in [4.69, 9.17) is 0 Å². The molecule has 0 saturated carbocycles. The molecule has 20 heavy (non-hydrogen) atoms. The van der Waals surface area contributed by atoms with Crippen molar-refractivity contribution in [3.05, 3.63) is 28.2 Å². The van der Waals surface area contributed by atoms with E-state index in [2.05, 4.69) is 72.0 Å². The predicted octanol–water partition coefficient (Wildman–Crippen LogP) is 4.36. The van der Waals surface area contributed by atoms with Crippen molar-refractivity contribution in [2.24, 2.45) is 5.92 Å². The molecule has 3 heteroatoms. The van der Waals surface area contributed by atoms with Crippen LogP contribution in [0.3, 0.4) is 0 Å². The molecule has 0 amide bonds. The van der Waals surface area contributed by atoms with Crippen molar-refractivity contribution in [1.82, 2.24) is 5.32 Å². The van der Waals surface area contributed by atoms with Crippen LogP contribution in [-0.4, -0.2) is 25.2 Å². The van der Waals surface area contributed by atoms with Crippen LogP contribution in [0.4, 0.5) is 5.69 Å². The summed E-state index contributed by atoms with van der Waals surface area (Å²) in [6.07, 6.45) is 2.45. The van der Waals surface area contributed by atoms with Gasteiger partial charge in [0.1, 0.15) is 0 Å². The molecule has 0 aromatic heterocycles. The van der Waals surface area contributed by atoms with Crippen LogP contribution in [0.2, 0.25) is 0 Å². The Morgan fingerprint density at radius 1 is 1.35 bits per heavy atom. The van der Waals surface area contributed by atoms with E-state index < -0.39 is 0 Å². The summed E-state index contributed by atoms with van der Waals surface area (Å²) < 4.78 is 1.20. The molecule has 0 aliphatic carbocycles. The molecule has 1 aliphatic heterocycles. The average molecular weight is 339 g/mol. The summed E-state index contributed by atoms with van der Waals surface area (Å²) in [6.45, 7) is 11.4. The number of piperidine rings is 1. The van der Waals surface area contributed by atoms with E-state index in [1.807, 2.05) is 0 Å². The zero-order chi connectivity index (χ0) is 14.7. The van der Waals surface area contributed by atoms with Gasteiger partial charge in [-0.05, 0) is 62.9 Å². The van der Waals surface area contributed by atoms with Crippen molar-refractivity contribution >= 4 is 21.6 Å². The summed E-state index contributed by atoms with van der Waals surface area (Å²) in [4.78, 5) is 2.56. The minimum Gasteiger partial charge on any atom is -0.368 e. The third-order valence-corrected chi connectivity index (χ3v) is 5.59. The molecule has 3 unspecified atom stereocenters. The van der Waals surface area contributed by atoms with Gasteiger partial charge in [0.05, 0.1) is 0 Å². The molecule has 0 radical (unpaired) electrons. The van der Waals surface area contributed by atoms with Gasteiger partial charge in [-0.3, -0.25) is 0 Å². The van der Waals surface area contributed by atoms with Gasteiger partial charge in [-0.25, -0.2) is 0 Å². The van der Waals surface area contributed by atoms with E-state index in [0.717, 1.165) is 13.1 Å². The van der Waals surface area contributed by atoms with Gasteiger partial charge in [0, 0.05) is 28.8 Å². The van der Waals surface area contributed by atoms with Crippen molar-refractivity contribution in [1.29, 1.82) is 0 Å². The van der Waals surface area contributed by atoms with Crippen LogP contribution in [0, 0.1) is 12.8 Å². The first-order valence-corrected chi connectivity index (χ1v) is 8.60. The van der Waals surface area contributed by atoms with E-state index in [0.29, 0.717) is 18.0 Å². The van der Waals surface area contributed by atoms with Crippen LogP contribution in [0.25, 0.3) is 0 Å². The fourth-order valence-electron chi connectivity index (χ4n) is 3.15. The first-order chi connectivity index (χ1) is 9.54. The Hall–Kier alpha value is -0.540. The predicted molar refractivity (Wildman–Crippen MR) is 91.5 cm³/mol. The Bertz CT molecular complexity index is 447. The fraction of sp³-hybridized carbons (Fsp3) is 0.647. The lowest BCUT2D eigenvalue weighted by molar-refractivity contribution is 0.271. The van der Waals surface area contributed by atoms with Crippen molar-refractivity contribution in [2.45, 2.75) is 52.6 Å². The van der Waals surface area contributed by atoms with Gasteiger partial charge < -0.3 is 10.2 Å². The smallest absolute Gasteiger partial charge is 0.0372 e. The van der Waals surface area contributed by atoms with Gasteiger partial charge in [0.2, 0.25) is 0 Å². The number of benzene rings is 1. The van der Waals surface area contributed by atoms with Gasteiger partial charge >= 0.3 is 0 Å². The average Bonchev–Trinajstić information content (AvgIpc) is 2.44. The Kier molecular flexibility index (Phi) is 5.50. The second kappa shape index (κ2) is 6.95. The summed E-state index contributed by atoms with van der Waals surface area (Å²) in [6, 6.07) is 7.95. The van der Waals surface area contributed by atoms with Crippen molar-refractivity contribution < 1.29 is 0 Å². The van der Waals surface area contributed by atoms with Crippen LogP contribution in [0.1, 0.15) is 39.2 Å². The molecule has 1 heterocycles. The number of rotatable bonds is 4. The molecule has 1 N–H and O–H groups in total. The number of nitrogens with one attached hydrogen (secondary N) is 1. The highest BCUT2D eigenvalue weighted by molar-refractivity contribution is 9.10. The van der Waals surface area contributed by atoms with E-state index in [-0.39, 0.29) is 0 Å². The van der Waals surface area contributed by atoms with E-state index >= 15 is 0 Å².